The van der Waals surface area contributed by atoms with Crippen LogP contribution in [0.4, 0.5) is 5.69 Å². The number of nitrogens with one attached hydrogen (secondary N) is 1. The molecule has 0 aliphatic carbocycles. The van der Waals surface area contributed by atoms with E-state index in [1.807, 2.05) is 48.0 Å². The van der Waals surface area contributed by atoms with Crippen molar-refractivity contribution in [2.75, 3.05) is 5.32 Å². The Balaban J connectivity index is 1.86. The zero-order valence-corrected chi connectivity index (χ0v) is 14.9. The van der Waals surface area contributed by atoms with Crippen LogP contribution in [0.25, 0.3) is 5.82 Å². The monoisotopic (exact) mass is 334 g/mol. The van der Waals surface area contributed by atoms with E-state index in [0.717, 1.165) is 5.82 Å². The zero-order valence-electron chi connectivity index (χ0n) is 14.9. The van der Waals surface area contributed by atoms with E-state index in [2.05, 4.69) is 36.1 Å². The smallest absolute Gasteiger partial charge is 0.255 e. The Labute approximate surface area is 147 Å². The molecule has 5 heteroatoms. The molecule has 1 amide bonds. The highest BCUT2D eigenvalue weighted by Crippen LogP contribution is 2.23. The number of benzene rings is 1. The van der Waals surface area contributed by atoms with Crippen LogP contribution in [0.2, 0.25) is 0 Å². The van der Waals surface area contributed by atoms with Crippen LogP contribution in [-0.2, 0) is 5.41 Å². The fourth-order valence-electron chi connectivity index (χ4n) is 2.60. The van der Waals surface area contributed by atoms with E-state index >= 15 is 0 Å². The van der Waals surface area contributed by atoms with Gasteiger partial charge in [0.25, 0.3) is 5.91 Å². The molecule has 0 aliphatic heterocycles. The Kier molecular flexibility index (Phi) is 4.40. The SMILES string of the molecule is Cc1nccn1-c1ncccc1NC(=O)c1ccc(C(C)(C)C)cc1. The van der Waals surface area contributed by atoms with Gasteiger partial charge in [-0.25, -0.2) is 9.97 Å². The molecule has 5 nitrogen and oxygen atoms in total. The molecule has 3 aromatic rings. The lowest BCUT2D eigenvalue weighted by molar-refractivity contribution is 0.102. The number of imidazole rings is 1. The van der Waals surface area contributed by atoms with Crippen molar-refractivity contribution in [1.82, 2.24) is 14.5 Å². The Hall–Kier alpha value is -2.95. The maximum atomic E-state index is 12.6. The fraction of sp³-hybridized carbons (Fsp3) is 0.250. The van der Waals surface area contributed by atoms with Gasteiger partial charge in [0.15, 0.2) is 5.82 Å². The molecule has 0 bridgehead atoms. The molecule has 2 heterocycles. The molecule has 0 spiro atoms. The van der Waals surface area contributed by atoms with Gasteiger partial charge in [0.2, 0.25) is 0 Å². The molecule has 128 valence electrons. The van der Waals surface area contributed by atoms with E-state index in [1.54, 1.807) is 18.5 Å². The summed E-state index contributed by atoms with van der Waals surface area (Å²) in [7, 11) is 0. The molecule has 25 heavy (non-hydrogen) atoms. The molecule has 0 radical (unpaired) electrons. The Morgan fingerprint density at radius 1 is 1.04 bits per heavy atom. The van der Waals surface area contributed by atoms with E-state index in [-0.39, 0.29) is 11.3 Å². The van der Waals surface area contributed by atoms with Crippen molar-refractivity contribution in [2.45, 2.75) is 33.1 Å². The van der Waals surface area contributed by atoms with Crippen LogP contribution in [0.1, 0.15) is 42.5 Å². The van der Waals surface area contributed by atoms with Gasteiger partial charge < -0.3 is 5.32 Å². The highest BCUT2D eigenvalue weighted by Gasteiger charge is 2.15. The minimum atomic E-state index is -0.160. The predicted octanol–water partition coefficient (Wildman–Crippen LogP) is 4.13. The van der Waals surface area contributed by atoms with Crippen LogP contribution in [0.5, 0.6) is 0 Å². The number of carbonyl (C=O) groups excluding carboxylic acids is 1. The first-order valence-electron chi connectivity index (χ1n) is 8.23. The van der Waals surface area contributed by atoms with Crippen LogP contribution in [0, 0.1) is 6.92 Å². The van der Waals surface area contributed by atoms with Crippen molar-refractivity contribution in [3.63, 3.8) is 0 Å². The van der Waals surface area contributed by atoms with Gasteiger partial charge in [-0.3, -0.25) is 9.36 Å². The Morgan fingerprint density at radius 3 is 2.36 bits per heavy atom. The summed E-state index contributed by atoms with van der Waals surface area (Å²) in [5.74, 6) is 1.30. The molecule has 0 atom stereocenters. The molecule has 1 N–H and O–H groups in total. The Bertz CT molecular complexity index is 889. The number of rotatable bonds is 3. The molecular formula is C20H22N4O. The minimum Gasteiger partial charge on any atom is -0.319 e. The summed E-state index contributed by atoms with van der Waals surface area (Å²) in [5, 5.41) is 2.95. The summed E-state index contributed by atoms with van der Waals surface area (Å²) in [6.45, 7) is 8.35. The molecule has 1 aromatic carbocycles. The van der Waals surface area contributed by atoms with E-state index in [0.29, 0.717) is 17.1 Å². The van der Waals surface area contributed by atoms with Gasteiger partial charge in [-0.2, -0.15) is 0 Å². The van der Waals surface area contributed by atoms with Crippen molar-refractivity contribution >= 4 is 11.6 Å². The number of anilines is 1. The number of aryl methyl sites for hydroxylation is 1. The minimum absolute atomic E-state index is 0.0600. The molecule has 3 rings (SSSR count). The first-order chi connectivity index (χ1) is 11.9. The third kappa shape index (κ3) is 3.60. The van der Waals surface area contributed by atoms with Crippen LogP contribution in [0.15, 0.2) is 55.0 Å². The van der Waals surface area contributed by atoms with Gasteiger partial charge in [0.1, 0.15) is 5.82 Å². The second-order valence-corrected chi connectivity index (χ2v) is 7.00. The van der Waals surface area contributed by atoms with Gasteiger partial charge in [-0.1, -0.05) is 32.9 Å². The zero-order chi connectivity index (χ0) is 18.0. The van der Waals surface area contributed by atoms with Gasteiger partial charge in [0, 0.05) is 24.2 Å². The van der Waals surface area contributed by atoms with Crippen molar-refractivity contribution < 1.29 is 4.79 Å². The van der Waals surface area contributed by atoms with Crippen molar-refractivity contribution in [3.05, 3.63) is 71.9 Å². The van der Waals surface area contributed by atoms with Crippen LogP contribution in [-0.4, -0.2) is 20.4 Å². The average Bonchev–Trinajstić information content (AvgIpc) is 3.00. The molecule has 0 unspecified atom stereocenters. The molecule has 0 aliphatic rings. The fourth-order valence-corrected chi connectivity index (χ4v) is 2.60. The third-order valence-electron chi connectivity index (χ3n) is 4.10. The quantitative estimate of drug-likeness (QED) is 0.783. The number of nitrogens with zero attached hydrogens (tertiary/aromatic N) is 3. The maximum Gasteiger partial charge on any atom is 0.255 e. The van der Waals surface area contributed by atoms with E-state index in [4.69, 9.17) is 0 Å². The average molecular weight is 334 g/mol. The van der Waals surface area contributed by atoms with Gasteiger partial charge in [-0.15, -0.1) is 0 Å². The first kappa shape index (κ1) is 16.9. The lowest BCUT2D eigenvalue weighted by Crippen LogP contribution is -2.16. The maximum absolute atomic E-state index is 12.6. The van der Waals surface area contributed by atoms with Crippen LogP contribution >= 0.6 is 0 Å². The van der Waals surface area contributed by atoms with Crippen LogP contribution < -0.4 is 5.32 Å². The summed E-state index contributed by atoms with van der Waals surface area (Å²) >= 11 is 0. The molecule has 2 aromatic heterocycles. The van der Waals surface area contributed by atoms with Gasteiger partial charge in [-0.05, 0) is 42.2 Å². The lowest BCUT2D eigenvalue weighted by atomic mass is 9.87. The van der Waals surface area contributed by atoms with E-state index < -0.39 is 0 Å². The van der Waals surface area contributed by atoms with Crippen molar-refractivity contribution in [1.29, 1.82) is 0 Å². The topological polar surface area (TPSA) is 59.8 Å². The number of amides is 1. The summed E-state index contributed by atoms with van der Waals surface area (Å²) in [6.07, 6.45) is 5.23. The Morgan fingerprint density at radius 2 is 1.76 bits per heavy atom. The highest BCUT2D eigenvalue weighted by molar-refractivity contribution is 6.05. The number of carbonyl (C=O) groups is 1. The van der Waals surface area contributed by atoms with E-state index in [9.17, 15) is 4.79 Å². The highest BCUT2D eigenvalue weighted by atomic mass is 16.1. The summed E-state index contributed by atoms with van der Waals surface area (Å²) in [6, 6.07) is 11.3. The number of aromatic nitrogens is 3. The third-order valence-corrected chi connectivity index (χ3v) is 4.10. The lowest BCUT2D eigenvalue weighted by Gasteiger charge is -2.19. The van der Waals surface area contributed by atoms with Crippen molar-refractivity contribution in [3.8, 4) is 5.82 Å². The number of pyridine rings is 1. The number of hydrogen-bond donors (Lipinski definition) is 1. The molecule has 0 saturated heterocycles. The van der Waals surface area contributed by atoms with E-state index in [1.165, 1.54) is 5.56 Å². The largest absolute Gasteiger partial charge is 0.319 e. The molecule has 0 fully saturated rings. The molecular weight excluding hydrogens is 312 g/mol. The number of hydrogen-bond acceptors (Lipinski definition) is 3. The van der Waals surface area contributed by atoms with Crippen molar-refractivity contribution in [2.24, 2.45) is 0 Å². The summed E-state index contributed by atoms with van der Waals surface area (Å²) in [5.41, 5.74) is 2.52. The predicted molar refractivity (Wildman–Crippen MR) is 99.2 cm³/mol. The first-order valence-corrected chi connectivity index (χ1v) is 8.23. The van der Waals surface area contributed by atoms with Gasteiger partial charge >= 0.3 is 0 Å². The molecule has 0 saturated carbocycles. The normalized spacial score (nSPS) is 11.4. The van der Waals surface area contributed by atoms with Gasteiger partial charge in [0.05, 0.1) is 5.69 Å². The second-order valence-electron chi connectivity index (χ2n) is 7.00. The second kappa shape index (κ2) is 6.51. The van der Waals surface area contributed by atoms with Crippen LogP contribution in [0.3, 0.4) is 0 Å². The standard InChI is InChI=1S/C20H22N4O/c1-14-21-12-13-24(14)18-17(6-5-11-22-18)23-19(25)15-7-9-16(10-8-15)20(2,3)4/h5-13H,1-4H3,(H,23,25). The summed E-state index contributed by atoms with van der Waals surface area (Å²) in [4.78, 5) is 21.2. The summed E-state index contributed by atoms with van der Waals surface area (Å²) < 4.78 is 1.85.